The zero-order valence-electron chi connectivity index (χ0n) is 17.1. The van der Waals surface area contributed by atoms with Gasteiger partial charge in [0.2, 0.25) is 0 Å². The van der Waals surface area contributed by atoms with Gasteiger partial charge in [-0.1, -0.05) is 53.5 Å². The first-order chi connectivity index (χ1) is 15.9. The molecule has 0 saturated carbocycles. The van der Waals surface area contributed by atoms with Gasteiger partial charge >= 0.3 is 0 Å². The third-order valence-electron chi connectivity index (χ3n) is 4.75. The number of para-hydroxylation sites is 1. The molecule has 0 fully saturated rings. The molecule has 0 aliphatic rings. The van der Waals surface area contributed by atoms with Gasteiger partial charge in [0.1, 0.15) is 23.2 Å². The van der Waals surface area contributed by atoms with Crippen molar-refractivity contribution in [2.24, 2.45) is 0 Å². The average molecular weight is 549 g/mol. The van der Waals surface area contributed by atoms with Crippen LogP contribution in [0.4, 0.5) is 10.2 Å². The predicted molar refractivity (Wildman–Crippen MR) is 131 cm³/mol. The Morgan fingerprint density at radius 1 is 1.06 bits per heavy atom. The second-order valence-corrected chi connectivity index (χ2v) is 8.77. The normalized spacial score (nSPS) is 10.8. The van der Waals surface area contributed by atoms with Crippen LogP contribution in [0.1, 0.15) is 21.5 Å². The Morgan fingerprint density at radius 3 is 2.64 bits per heavy atom. The second kappa shape index (κ2) is 10.4. The van der Waals surface area contributed by atoms with Gasteiger partial charge in [0.25, 0.3) is 5.91 Å². The summed E-state index contributed by atoms with van der Waals surface area (Å²) < 4.78 is 22.2. The number of anilines is 1. The Bertz CT molecular complexity index is 1290. The number of carbonyl (C=O) groups is 1. The van der Waals surface area contributed by atoms with Gasteiger partial charge in [-0.15, -0.1) is 0 Å². The number of benzene rings is 3. The van der Waals surface area contributed by atoms with Gasteiger partial charge in [-0.25, -0.2) is 4.39 Å². The molecule has 4 rings (SSSR count). The number of amides is 1. The molecule has 1 aromatic heterocycles. The molecule has 0 atom stereocenters. The number of nitrogens with zero attached hydrogens (tertiary/aromatic N) is 2. The fraction of sp³-hybridized carbons (Fsp3) is 0.0833. The van der Waals surface area contributed by atoms with Gasteiger partial charge in [0.05, 0.1) is 11.0 Å². The van der Waals surface area contributed by atoms with Crippen LogP contribution in [-0.2, 0) is 13.2 Å². The van der Waals surface area contributed by atoms with Crippen molar-refractivity contribution in [2.75, 3.05) is 5.32 Å². The van der Waals surface area contributed by atoms with Gasteiger partial charge in [-0.05, 0) is 57.9 Å². The number of hydrogen-bond acceptors (Lipinski definition) is 3. The van der Waals surface area contributed by atoms with Crippen LogP contribution >= 0.6 is 39.1 Å². The van der Waals surface area contributed by atoms with Crippen molar-refractivity contribution in [3.8, 4) is 5.75 Å². The Hall–Kier alpha value is -2.87. The fourth-order valence-corrected chi connectivity index (χ4v) is 3.93. The SMILES string of the molecule is O=C(Nc1nn(Cc2c(F)cccc2Cl)cc1Cl)c1cccc(COc2ccccc2Br)c1. The molecule has 33 heavy (non-hydrogen) atoms. The number of aromatic nitrogens is 2. The Kier molecular flexibility index (Phi) is 7.33. The molecular formula is C24H17BrCl2FN3O2. The second-order valence-electron chi connectivity index (χ2n) is 7.10. The van der Waals surface area contributed by atoms with E-state index in [1.54, 1.807) is 24.3 Å². The molecule has 0 bridgehead atoms. The highest BCUT2D eigenvalue weighted by atomic mass is 79.9. The molecule has 9 heteroatoms. The maximum absolute atomic E-state index is 14.1. The zero-order valence-corrected chi connectivity index (χ0v) is 20.2. The van der Waals surface area contributed by atoms with Crippen molar-refractivity contribution in [1.29, 1.82) is 0 Å². The van der Waals surface area contributed by atoms with E-state index in [-0.39, 0.29) is 33.9 Å². The summed E-state index contributed by atoms with van der Waals surface area (Å²) in [6, 6.07) is 19.0. The van der Waals surface area contributed by atoms with Gasteiger partial charge in [0.15, 0.2) is 5.82 Å². The number of nitrogens with one attached hydrogen (secondary N) is 1. The summed E-state index contributed by atoms with van der Waals surface area (Å²) in [6.07, 6.45) is 1.50. The molecule has 0 spiro atoms. The van der Waals surface area contributed by atoms with Crippen LogP contribution < -0.4 is 10.1 Å². The number of ether oxygens (including phenoxy) is 1. The molecular weight excluding hydrogens is 532 g/mol. The predicted octanol–water partition coefficient (Wildman–Crippen LogP) is 6.97. The molecule has 0 aliphatic carbocycles. The molecule has 1 heterocycles. The Morgan fingerprint density at radius 2 is 1.85 bits per heavy atom. The topological polar surface area (TPSA) is 56.2 Å². The van der Waals surface area contributed by atoms with Gasteiger partial charge in [0, 0.05) is 22.3 Å². The first kappa shape index (κ1) is 23.3. The smallest absolute Gasteiger partial charge is 0.256 e. The van der Waals surface area contributed by atoms with E-state index in [9.17, 15) is 9.18 Å². The summed E-state index contributed by atoms with van der Waals surface area (Å²) in [7, 11) is 0. The lowest BCUT2D eigenvalue weighted by molar-refractivity contribution is 0.102. The van der Waals surface area contributed by atoms with Crippen LogP contribution in [0.2, 0.25) is 10.0 Å². The molecule has 0 radical (unpaired) electrons. The van der Waals surface area contributed by atoms with E-state index in [1.165, 1.54) is 23.0 Å². The average Bonchev–Trinajstić information content (AvgIpc) is 3.14. The van der Waals surface area contributed by atoms with Crippen molar-refractivity contribution in [3.05, 3.63) is 110 Å². The molecule has 168 valence electrons. The largest absolute Gasteiger partial charge is 0.488 e. The lowest BCUT2D eigenvalue weighted by Crippen LogP contribution is -2.14. The maximum atomic E-state index is 14.1. The van der Waals surface area contributed by atoms with Crippen LogP contribution in [0.5, 0.6) is 5.75 Å². The number of rotatable bonds is 7. The lowest BCUT2D eigenvalue weighted by Gasteiger charge is -2.09. The van der Waals surface area contributed by atoms with E-state index in [0.717, 1.165) is 10.0 Å². The van der Waals surface area contributed by atoms with Crippen molar-refractivity contribution < 1.29 is 13.9 Å². The monoisotopic (exact) mass is 547 g/mol. The summed E-state index contributed by atoms with van der Waals surface area (Å²) in [5.41, 5.74) is 1.53. The summed E-state index contributed by atoms with van der Waals surface area (Å²) in [6.45, 7) is 0.367. The van der Waals surface area contributed by atoms with Gasteiger partial charge in [-0.2, -0.15) is 5.10 Å². The Balaban J connectivity index is 1.44. The van der Waals surface area contributed by atoms with E-state index >= 15 is 0 Å². The van der Waals surface area contributed by atoms with Crippen LogP contribution in [0.25, 0.3) is 0 Å². The van der Waals surface area contributed by atoms with E-state index in [4.69, 9.17) is 27.9 Å². The third-order valence-corrected chi connectivity index (χ3v) is 6.04. The van der Waals surface area contributed by atoms with E-state index in [2.05, 4.69) is 26.3 Å². The summed E-state index contributed by atoms with van der Waals surface area (Å²) in [5.74, 6) is 0.0544. The van der Waals surface area contributed by atoms with Crippen LogP contribution in [0.3, 0.4) is 0 Å². The minimum atomic E-state index is -0.443. The Labute approximate surface area is 208 Å². The molecule has 4 aromatic rings. The van der Waals surface area contributed by atoms with E-state index in [1.807, 2.05) is 30.3 Å². The minimum Gasteiger partial charge on any atom is -0.488 e. The maximum Gasteiger partial charge on any atom is 0.256 e. The van der Waals surface area contributed by atoms with Crippen LogP contribution in [0, 0.1) is 5.82 Å². The standard InChI is InChI=1S/C24H17BrCl2FN3O2/c25-18-7-1-2-10-22(18)33-14-15-5-3-6-16(11-15)24(32)29-23-20(27)13-31(30-23)12-17-19(26)8-4-9-21(17)28/h1-11,13H,12,14H2,(H,29,30,32). The number of hydrogen-bond donors (Lipinski definition) is 1. The van der Waals surface area contributed by atoms with Crippen LogP contribution in [0.15, 0.2) is 77.4 Å². The molecule has 0 unspecified atom stereocenters. The van der Waals surface area contributed by atoms with Gasteiger partial charge in [-0.3, -0.25) is 9.48 Å². The van der Waals surface area contributed by atoms with Gasteiger partial charge < -0.3 is 10.1 Å². The molecule has 3 aromatic carbocycles. The molecule has 1 amide bonds. The molecule has 0 saturated heterocycles. The van der Waals surface area contributed by atoms with Crippen molar-refractivity contribution in [1.82, 2.24) is 9.78 Å². The zero-order chi connectivity index (χ0) is 23.4. The highest BCUT2D eigenvalue weighted by molar-refractivity contribution is 9.10. The number of carbonyl (C=O) groups excluding carboxylic acids is 1. The summed E-state index contributed by atoms with van der Waals surface area (Å²) in [5, 5.41) is 7.46. The minimum absolute atomic E-state index is 0.0724. The quantitative estimate of drug-likeness (QED) is 0.271. The van der Waals surface area contributed by atoms with Crippen molar-refractivity contribution >= 4 is 50.9 Å². The fourth-order valence-electron chi connectivity index (χ4n) is 3.11. The third kappa shape index (κ3) is 5.74. The first-order valence-corrected chi connectivity index (χ1v) is 11.4. The lowest BCUT2D eigenvalue weighted by atomic mass is 10.1. The highest BCUT2D eigenvalue weighted by Gasteiger charge is 2.15. The molecule has 0 aliphatic heterocycles. The van der Waals surface area contributed by atoms with E-state index in [0.29, 0.717) is 17.9 Å². The highest BCUT2D eigenvalue weighted by Crippen LogP contribution is 2.26. The molecule has 5 nitrogen and oxygen atoms in total. The van der Waals surface area contributed by atoms with Crippen molar-refractivity contribution in [2.45, 2.75) is 13.2 Å². The summed E-state index contributed by atoms with van der Waals surface area (Å²) in [4.78, 5) is 12.8. The number of halogens is 4. The van der Waals surface area contributed by atoms with E-state index < -0.39 is 5.82 Å². The molecule has 1 N–H and O–H groups in total. The van der Waals surface area contributed by atoms with Crippen LogP contribution in [-0.4, -0.2) is 15.7 Å². The first-order valence-electron chi connectivity index (χ1n) is 9.84. The summed E-state index contributed by atoms with van der Waals surface area (Å²) >= 11 is 15.8. The van der Waals surface area contributed by atoms with Crippen molar-refractivity contribution in [3.63, 3.8) is 0 Å².